The summed E-state index contributed by atoms with van der Waals surface area (Å²) in [4.78, 5) is 191. The Balaban J connectivity index is 0.0000196. The molecule has 597 valence electrons. The zero-order chi connectivity index (χ0) is 81.0. The predicted molar refractivity (Wildman–Crippen MR) is 426 cm³/mol. The molecule has 27 heteroatoms. The van der Waals surface area contributed by atoms with E-state index in [2.05, 4.69) is 55.6 Å². The van der Waals surface area contributed by atoms with E-state index in [1.807, 2.05) is 63.4 Å². The Morgan fingerprint density at radius 3 is 1.65 bits per heavy atom. The quantitative estimate of drug-likeness (QED) is 0.0117. The Bertz CT molecular complexity index is 4230. The van der Waals surface area contributed by atoms with Crippen molar-refractivity contribution in [1.29, 1.82) is 0 Å². The number of carbonyl (C=O) groups is 12. The number of non-ortho nitro benzene ring substituents is 1. The second-order valence-electron chi connectivity index (χ2n) is 30.2. The van der Waals surface area contributed by atoms with E-state index < -0.39 is 130 Å². The van der Waals surface area contributed by atoms with Gasteiger partial charge >= 0.3 is 0 Å². The van der Waals surface area contributed by atoms with E-state index in [9.17, 15) is 38.9 Å². The summed E-state index contributed by atoms with van der Waals surface area (Å²) in [5, 5.41) is 30.8. The molecular weight excluding hydrogens is 1520 g/mol. The summed E-state index contributed by atoms with van der Waals surface area (Å²) in [6, 6.07) is 28.5. The van der Waals surface area contributed by atoms with Gasteiger partial charge in [0.1, 0.15) is 0 Å². The van der Waals surface area contributed by atoms with E-state index in [-0.39, 0.29) is 144 Å². The van der Waals surface area contributed by atoms with Gasteiger partial charge in [-0.1, -0.05) is 143 Å². The second-order valence-corrected chi connectivity index (χ2v) is 30.6. The minimum atomic E-state index is -1.46. The minimum absolute atomic E-state index is 0. The summed E-state index contributed by atoms with van der Waals surface area (Å²) in [5.41, 5.74) is 10.3. The summed E-state index contributed by atoms with van der Waals surface area (Å²) in [5.74, 6) is -11.0. The molecule has 0 bridgehead atoms. The predicted octanol–water partition coefficient (Wildman–Crippen LogP) is 11.5. The van der Waals surface area contributed by atoms with Gasteiger partial charge < -0.3 is 47.4 Å². The summed E-state index contributed by atoms with van der Waals surface area (Å²) in [7, 11) is 3.49. The van der Waals surface area contributed by atoms with Gasteiger partial charge in [0.15, 0.2) is 34.9 Å². The number of fused-ring (bicyclic) bond motifs is 1. The number of hydrogen-bond acceptors (Lipinski definition) is 16. The number of anilines is 1. The number of nitro groups is 1. The monoisotopic (exact) mass is 1630 g/mol. The molecule has 6 aromatic rings. The normalized spacial score (nSPS) is 15.1. The van der Waals surface area contributed by atoms with Gasteiger partial charge in [0.2, 0.25) is 35.4 Å². The van der Waals surface area contributed by atoms with Crippen LogP contribution >= 0.6 is 11.6 Å². The molecule has 1 fully saturated rings. The fraction of sp³-hybridized carbons (Fsp3) is 0.471. The number of likely N-dealkylation sites (tertiary alicyclic amines) is 1. The third-order valence-corrected chi connectivity index (χ3v) is 21.0. The molecule has 7 N–H and O–H groups in total. The number of nitrogens with zero attached hydrogens (tertiary/aromatic N) is 4. The van der Waals surface area contributed by atoms with Crippen molar-refractivity contribution >= 4 is 104 Å². The Morgan fingerprint density at radius 2 is 1.11 bits per heavy atom. The maximum absolute atomic E-state index is 15.5. The fourth-order valence-electron chi connectivity index (χ4n) is 14.2. The first-order chi connectivity index (χ1) is 52.9. The number of carbonyl (C=O) groups excluding carboxylic acids is 12. The van der Waals surface area contributed by atoms with Crippen LogP contribution in [0.4, 0.5) is 16.2 Å². The second kappa shape index (κ2) is 45.4. The minimum Gasteiger partial charge on any atom is -0.447 e. The van der Waals surface area contributed by atoms with E-state index in [4.69, 9.17) is 17.3 Å². The molecule has 1 aliphatic heterocycles. The number of Topliss-reactive ketones (excluding diaryl/α,β-unsaturated/α-hetero) is 5. The maximum atomic E-state index is 15.5. The van der Waals surface area contributed by atoms with Gasteiger partial charge in [0.05, 0.1) is 35.1 Å². The van der Waals surface area contributed by atoms with Crippen molar-refractivity contribution in [3.63, 3.8) is 0 Å². The van der Waals surface area contributed by atoms with Crippen LogP contribution in [0.3, 0.4) is 0 Å². The van der Waals surface area contributed by atoms with Gasteiger partial charge in [-0.15, -0.1) is 0 Å². The maximum Gasteiger partial charge on any atom is 0.269 e. The third kappa shape index (κ3) is 29.0. The molecule has 0 saturated carbocycles. The number of aromatic nitrogens is 1. The molecule has 25 nitrogen and oxygen atoms in total. The molecule has 1 aliphatic rings. The van der Waals surface area contributed by atoms with Crippen molar-refractivity contribution in [2.75, 3.05) is 32.5 Å². The molecule has 8 amide bonds. The molecule has 1 saturated heterocycles. The average Bonchev–Trinajstić information content (AvgIpc) is 1.08. The molecule has 2 heterocycles. The van der Waals surface area contributed by atoms with Crippen LogP contribution in [-0.4, -0.2) is 154 Å². The van der Waals surface area contributed by atoms with Gasteiger partial charge in [0, 0.05) is 157 Å². The number of pyridine rings is 1. The van der Waals surface area contributed by atoms with Crippen LogP contribution in [0.15, 0.2) is 140 Å². The molecular formula is C85H107ClN11O14Y-. The van der Waals surface area contributed by atoms with Gasteiger partial charge in [0.25, 0.3) is 5.69 Å². The Kier molecular flexibility index (Phi) is 37.1. The molecule has 0 spiro atoms. The van der Waals surface area contributed by atoms with Crippen LogP contribution < -0.4 is 31.9 Å². The number of halogens is 1. The molecule has 10 atom stereocenters. The third-order valence-electron chi connectivity index (χ3n) is 20.7. The molecule has 7 rings (SSSR count). The Labute approximate surface area is 686 Å². The van der Waals surface area contributed by atoms with E-state index in [1.165, 1.54) is 67.7 Å². The number of nitrogens with one attached hydrogen (secondary N) is 7. The summed E-state index contributed by atoms with van der Waals surface area (Å²) >= 11 is 6.30. The van der Waals surface area contributed by atoms with Crippen LogP contribution in [-0.2, 0) is 118 Å². The first-order valence-electron chi connectivity index (χ1n) is 38.4. The molecule has 0 unspecified atom stereocenters. The average molecular weight is 1630 g/mol. The number of ketones is 5. The Morgan fingerprint density at radius 1 is 0.598 bits per heavy atom. The molecule has 1 radical (unpaired) electrons. The van der Waals surface area contributed by atoms with E-state index >= 15 is 28.8 Å². The number of rotatable bonds is 45. The van der Waals surface area contributed by atoms with Crippen molar-refractivity contribution in [1.82, 2.24) is 41.4 Å². The summed E-state index contributed by atoms with van der Waals surface area (Å²) in [6.45, 7) is 13.5. The topological polar surface area (TPSA) is 363 Å². The number of urea groups is 1. The molecule has 112 heavy (non-hydrogen) atoms. The smallest absolute Gasteiger partial charge is 0.269 e. The Hall–Kier alpha value is -9.30. The van der Waals surface area contributed by atoms with Crippen molar-refractivity contribution in [3.05, 3.63) is 188 Å². The van der Waals surface area contributed by atoms with E-state index in [0.29, 0.717) is 59.4 Å². The van der Waals surface area contributed by atoms with Crippen molar-refractivity contribution in [2.45, 2.75) is 194 Å². The molecule has 5 aromatic carbocycles. The summed E-state index contributed by atoms with van der Waals surface area (Å²) in [6.07, 6.45) is 3.55. The van der Waals surface area contributed by atoms with Crippen LogP contribution in [0, 0.1) is 45.6 Å². The first-order valence-corrected chi connectivity index (χ1v) is 38.8. The van der Waals surface area contributed by atoms with Crippen LogP contribution in [0.2, 0.25) is 5.02 Å². The molecule has 0 aliphatic carbocycles. The first kappa shape index (κ1) is 91.6. The fourth-order valence-corrected chi connectivity index (χ4v) is 14.3. The number of hydrogen-bond donors (Lipinski definition) is 6. The number of benzene rings is 5. The van der Waals surface area contributed by atoms with Crippen molar-refractivity contribution in [3.8, 4) is 0 Å². The number of unbranched alkanes of at least 4 members (excludes halogenated alkanes) is 1. The van der Waals surface area contributed by atoms with Gasteiger partial charge in [-0.05, 0) is 160 Å². The van der Waals surface area contributed by atoms with Crippen molar-refractivity contribution < 1.29 is 95.2 Å². The van der Waals surface area contributed by atoms with Gasteiger partial charge in [-0.25, -0.2) is 0 Å². The van der Waals surface area contributed by atoms with Crippen LogP contribution in [0.25, 0.3) is 16.5 Å². The zero-order valence-electron chi connectivity index (χ0n) is 65.6. The number of amides is 8. The number of nitro benzene ring substituents is 1. The van der Waals surface area contributed by atoms with Gasteiger partial charge in [-0.3, -0.25) is 72.6 Å². The zero-order valence-corrected chi connectivity index (χ0v) is 69.2. The van der Waals surface area contributed by atoms with Crippen molar-refractivity contribution in [2.24, 2.45) is 35.5 Å². The largest absolute Gasteiger partial charge is 0.447 e. The van der Waals surface area contributed by atoms with Crippen LogP contribution in [0.5, 0.6) is 0 Å². The van der Waals surface area contributed by atoms with E-state index in [0.717, 1.165) is 22.9 Å². The van der Waals surface area contributed by atoms with E-state index in [1.54, 1.807) is 62.4 Å². The standard InChI is InChI=1S/C85H108ClN11O14.Y/c1-10-61(47-75(99)73(46-60-17-15-36-89-51-60)94-83(107)65(41-56-23-30-67(86)31-24-56)49-77(101)71(90-55(7)98)45-59-22-29-62-18-11-12-19-63(62)43-59)81(105)93-72(44-58-27-34-69(35-28-58)97(110)111)78(102)50-66(42-57-25-32-68(33-26-57)91-85(87)109)82(106)92-70(39-52(2)3)76(100)48-64(20-13-14-37-95(9)53(4)5)84(108)96-38-16-21-74(96)79(103)40-54(6)80(104)88-8;/h11-12,15,17-19,22-36,43,51-54,61,64-66,70-74H,10,13-14,16,20-21,37-42,44-50H2,1-9H3,(H8,87,88,90,91,92,93,94,98,104,105,106,107,109);/p-1/t54-,61+,64+,65-,66-,70-,71+,72-,73+,74-;/m0./s1. The SMILES string of the molecule is CC[C@H](CC(=O)[C@@H](Cc1cccnc1)NC(=O)[C@H](CC(=O)[C@@H](Cc1ccc2ccccc2c1)NC(C)=O)Cc1ccc(Cl)cc1)C(=O)N[C@@H](Cc1ccc([N+](=O)[O-])cc1)C(=O)C[C@H](Cc1ccc(NC([NH-])=O)cc1)C(=O)N[C@@H](CC(C)C)C(=O)C[C@@H](CCCCN(C)C(C)C)C(=O)N1CCC[C@H]1C(=O)C[C@H](C)C(=O)NC.[Y]. The molecule has 1 aromatic heterocycles. The summed E-state index contributed by atoms with van der Waals surface area (Å²) < 4.78 is 0. The van der Waals surface area contributed by atoms with Gasteiger partial charge in [-0.2, -0.15) is 0 Å². The van der Waals surface area contributed by atoms with Crippen LogP contribution in [0.1, 0.15) is 153 Å².